The lowest BCUT2D eigenvalue weighted by atomic mass is 10.1. The van der Waals surface area contributed by atoms with E-state index in [1.54, 1.807) is 24.3 Å². The van der Waals surface area contributed by atoms with Gasteiger partial charge in [0, 0.05) is 19.5 Å². The normalized spacial score (nSPS) is 16.0. The predicted octanol–water partition coefficient (Wildman–Crippen LogP) is 3.61. The molecular weight excluding hydrogens is 422 g/mol. The number of carbonyl (C=O) groups is 1. The fourth-order valence-electron chi connectivity index (χ4n) is 3.07. The van der Waals surface area contributed by atoms with Crippen LogP contribution in [0.2, 0.25) is 0 Å². The zero-order valence-corrected chi connectivity index (χ0v) is 17.3. The minimum absolute atomic E-state index is 0.0317. The van der Waals surface area contributed by atoms with Crippen molar-refractivity contribution in [1.29, 1.82) is 0 Å². The Labute approximate surface area is 172 Å². The van der Waals surface area contributed by atoms with E-state index in [0.717, 1.165) is 31.2 Å². The number of carbonyl (C=O) groups excluding carboxylic acids is 1. The minimum atomic E-state index is -3.50. The van der Waals surface area contributed by atoms with E-state index in [2.05, 4.69) is 15.5 Å². The Morgan fingerprint density at radius 3 is 2.34 bits per heavy atom. The maximum Gasteiger partial charge on any atom is 0.291 e. The number of sulfonamides is 1. The molecule has 1 fully saturated rings. The van der Waals surface area contributed by atoms with Gasteiger partial charge in [-0.05, 0) is 37.0 Å². The summed E-state index contributed by atoms with van der Waals surface area (Å²) >= 11 is 0.635. The van der Waals surface area contributed by atoms with Crippen molar-refractivity contribution in [3.63, 3.8) is 0 Å². The van der Waals surface area contributed by atoms with E-state index < -0.39 is 21.5 Å². The quantitative estimate of drug-likeness (QED) is 0.704. The number of alkyl halides is 2. The number of hydrogen-bond acceptors (Lipinski definition) is 6. The molecule has 158 valence electrons. The van der Waals surface area contributed by atoms with Crippen LogP contribution in [0, 0.1) is 0 Å². The van der Waals surface area contributed by atoms with E-state index in [9.17, 15) is 22.0 Å². The van der Waals surface area contributed by atoms with Crippen molar-refractivity contribution in [2.45, 2.75) is 49.8 Å². The fraction of sp³-hybridized carbons (Fsp3) is 0.500. The van der Waals surface area contributed by atoms with Crippen LogP contribution in [0.5, 0.6) is 0 Å². The Morgan fingerprint density at radius 2 is 1.76 bits per heavy atom. The first-order chi connectivity index (χ1) is 13.9. The number of hydrogen-bond donors (Lipinski definition) is 1. The summed E-state index contributed by atoms with van der Waals surface area (Å²) in [7, 11) is -3.50. The van der Waals surface area contributed by atoms with E-state index in [0.29, 0.717) is 30.8 Å². The van der Waals surface area contributed by atoms with Gasteiger partial charge in [-0.2, -0.15) is 4.31 Å². The predicted molar refractivity (Wildman–Crippen MR) is 105 cm³/mol. The second kappa shape index (κ2) is 9.68. The topological polar surface area (TPSA) is 92.3 Å². The highest BCUT2D eigenvalue weighted by Crippen LogP contribution is 2.25. The molecule has 0 aliphatic carbocycles. The smallest absolute Gasteiger partial charge is 0.291 e. The van der Waals surface area contributed by atoms with Gasteiger partial charge >= 0.3 is 0 Å². The fourth-order valence-corrected chi connectivity index (χ4v) is 5.20. The average molecular weight is 445 g/mol. The molecule has 3 rings (SSSR count). The maximum absolute atomic E-state index is 12.8. The zero-order valence-electron chi connectivity index (χ0n) is 15.7. The molecule has 1 aliphatic rings. The number of anilines is 1. The number of rotatable bonds is 7. The highest BCUT2D eigenvalue weighted by Gasteiger charge is 2.25. The largest absolute Gasteiger partial charge is 0.301 e. The first-order valence-electron chi connectivity index (χ1n) is 9.37. The molecule has 7 nitrogen and oxygen atoms in total. The van der Waals surface area contributed by atoms with E-state index in [-0.39, 0.29) is 22.4 Å². The molecule has 1 aromatic carbocycles. The molecule has 1 N–H and O–H groups in total. The molecule has 2 aromatic rings. The number of benzene rings is 1. The Kier molecular flexibility index (Phi) is 7.25. The second-order valence-corrected chi connectivity index (χ2v) is 9.70. The number of aromatic nitrogens is 2. The van der Waals surface area contributed by atoms with Gasteiger partial charge in [-0.15, -0.1) is 10.2 Å². The standard InChI is InChI=1S/C18H22F2N4O3S2/c19-16(20)17-22-23-18(28-17)21-15(25)10-7-13-5-8-14(9-6-13)29(26,27)24-11-3-1-2-4-12-24/h5-6,8-9,16H,1-4,7,10-12H2,(H,21,23,25). The highest BCUT2D eigenvalue weighted by atomic mass is 32.2. The molecule has 2 heterocycles. The summed E-state index contributed by atoms with van der Waals surface area (Å²) in [6, 6.07) is 6.51. The molecule has 29 heavy (non-hydrogen) atoms. The summed E-state index contributed by atoms with van der Waals surface area (Å²) in [5.41, 5.74) is 0.806. The van der Waals surface area contributed by atoms with Crippen molar-refractivity contribution in [2.75, 3.05) is 18.4 Å². The van der Waals surface area contributed by atoms with Crippen molar-refractivity contribution in [1.82, 2.24) is 14.5 Å². The maximum atomic E-state index is 12.8. The third-order valence-corrected chi connectivity index (χ3v) is 7.40. The van der Waals surface area contributed by atoms with E-state index in [4.69, 9.17) is 0 Å². The van der Waals surface area contributed by atoms with Crippen LogP contribution in [0.1, 0.15) is 49.1 Å². The van der Waals surface area contributed by atoms with Crippen molar-refractivity contribution < 1.29 is 22.0 Å². The van der Waals surface area contributed by atoms with Crippen LogP contribution in [0.4, 0.5) is 13.9 Å². The minimum Gasteiger partial charge on any atom is -0.301 e. The Balaban J connectivity index is 1.55. The van der Waals surface area contributed by atoms with Crippen LogP contribution in [0.15, 0.2) is 29.2 Å². The van der Waals surface area contributed by atoms with E-state index in [1.807, 2.05) is 0 Å². The Morgan fingerprint density at radius 1 is 1.10 bits per heavy atom. The first-order valence-corrected chi connectivity index (χ1v) is 11.6. The van der Waals surface area contributed by atoms with Gasteiger partial charge in [0.15, 0.2) is 5.01 Å². The molecule has 0 atom stereocenters. The lowest BCUT2D eigenvalue weighted by molar-refractivity contribution is -0.116. The molecule has 1 aliphatic heterocycles. The first kappa shape index (κ1) is 21.7. The summed E-state index contributed by atoms with van der Waals surface area (Å²) < 4.78 is 52.1. The van der Waals surface area contributed by atoms with Crippen molar-refractivity contribution in [3.05, 3.63) is 34.8 Å². The van der Waals surface area contributed by atoms with Gasteiger partial charge in [-0.25, -0.2) is 17.2 Å². The van der Waals surface area contributed by atoms with Crippen LogP contribution < -0.4 is 5.32 Å². The van der Waals surface area contributed by atoms with Gasteiger partial charge in [0.2, 0.25) is 21.1 Å². The van der Waals surface area contributed by atoms with Crippen LogP contribution in [0.3, 0.4) is 0 Å². The molecular formula is C18H22F2N4O3S2. The third-order valence-electron chi connectivity index (χ3n) is 4.64. The van der Waals surface area contributed by atoms with Gasteiger partial charge in [0.25, 0.3) is 6.43 Å². The summed E-state index contributed by atoms with van der Waals surface area (Å²) in [6.45, 7) is 1.09. The van der Waals surface area contributed by atoms with Crippen molar-refractivity contribution >= 4 is 32.4 Å². The van der Waals surface area contributed by atoms with Crippen LogP contribution in [-0.4, -0.2) is 41.9 Å². The molecule has 1 saturated heterocycles. The van der Waals surface area contributed by atoms with E-state index >= 15 is 0 Å². The molecule has 0 radical (unpaired) electrons. The van der Waals surface area contributed by atoms with Gasteiger partial charge in [-0.3, -0.25) is 4.79 Å². The number of aryl methyl sites for hydroxylation is 1. The molecule has 1 amide bonds. The van der Waals surface area contributed by atoms with Gasteiger partial charge in [0.1, 0.15) is 0 Å². The lowest BCUT2D eigenvalue weighted by Crippen LogP contribution is -2.31. The monoisotopic (exact) mass is 444 g/mol. The summed E-state index contributed by atoms with van der Waals surface area (Å²) in [5.74, 6) is -0.372. The SMILES string of the molecule is O=C(CCc1ccc(S(=O)(=O)N2CCCCCC2)cc1)Nc1nnc(C(F)F)s1. The third kappa shape index (κ3) is 5.77. The van der Waals surface area contributed by atoms with Crippen molar-refractivity contribution in [3.8, 4) is 0 Å². The average Bonchev–Trinajstić information content (AvgIpc) is 2.98. The van der Waals surface area contributed by atoms with Gasteiger partial charge in [-0.1, -0.05) is 36.3 Å². The molecule has 0 saturated carbocycles. The van der Waals surface area contributed by atoms with Crippen LogP contribution >= 0.6 is 11.3 Å². The molecule has 0 bridgehead atoms. The molecule has 0 unspecified atom stereocenters. The highest BCUT2D eigenvalue weighted by molar-refractivity contribution is 7.89. The summed E-state index contributed by atoms with van der Waals surface area (Å²) in [5, 5.41) is 8.85. The van der Waals surface area contributed by atoms with Crippen LogP contribution in [0.25, 0.3) is 0 Å². The summed E-state index contributed by atoms with van der Waals surface area (Å²) in [4.78, 5) is 12.2. The zero-order chi connectivity index (χ0) is 20.9. The van der Waals surface area contributed by atoms with Gasteiger partial charge < -0.3 is 5.32 Å². The number of nitrogens with zero attached hydrogens (tertiary/aromatic N) is 3. The van der Waals surface area contributed by atoms with Crippen LogP contribution in [-0.2, 0) is 21.2 Å². The number of nitrogens with one attached hydrogen (secondary N) is 1. The van der Waals surface area contributed by atoms with Crippen molar-refractivity contribution in [2.24, 2.45) is 0 Å². The molecule has 11 heteroatoms. The number of amides is 1. The number of halogens is 2. The van der Waals surface area contributed by atoms with Gasteiger partial charge in [0.05, 0.1) is 4.90 Å². The Hall–Kier alpha value is -1.98. The molecule has 1 aromatic heterocycles. The van der Waals surface area contributed by atoms with E-state index in [1.165, 1.54) is 4.31 Å². The lowest BCUT2D eigenvalue weighted by Gasteiger charge is -2.20. The Bertz CT molecular complexity index is 925. The molecule has 0 spiro atoms. The summed E-state index contributed by atoms with van der Waals surface area (Å²) in [6.07, 6.45) is 1.63. The second-order valence-electron chi connectivity index (χ2n) is 6.76.